The van der Waals surface area contributed by atoms with Gasteiger partial charge in [-0.1, -0.05) is 6.42 Å². The fourth-order valence-corrected chi connectivity index (χ4v) is 3.26. The molecular weight excluding hydrogens is 160 g/mol. The first-order chi connectivity index (χ1) is 6.29. The van der Waals surface area contributed by atoms with Crippen molar-refractivity contribution in [2.24, 2.45) is 11.1 Å². The average molecular weight is 180 g/mol. The van der Waals surface area contributed by atoms with E-state index in [4.69, 9.17) is 5.73 Å². The Morgan fingerprint density at radius 2 is 2.00 bits per heavy atom. The first-order valence-electron chi connectivity index (χ1n) is 5.79. The van der Waals surface area contributed by atoms with Crippen molar-refractivity contribution in [2.75, 3.05) is 13.1 Å². The number of rotatable bonds is 1. The molecule has 0 bridgehead atoms. The lowest BCUT2D eigenvalue weighted by molar-refractivity contribution is 0.218. The van der Waals surface area contributed by atoms with Gasteiger partial charge in [-0.25, -0.2) is 0 Å². The van der Waals surface area contributed by atoms with E-state index in [1.165, 1.54) is 51.6 Å². The molecule has 2 saturated carbocycles. The second-order valence-electron chi connectivity index (χ2n) is 5.38. The van der Waals surface area contributed by atoms with Gasteiger partial charge in [0.2, 0.25) is 0 Å². The molecule has 3 aliphatic rings. The zero-order valence-corrected chi connectivity index (χ0v) is 8.34. The van der Waals surface area contributed by atoms with Gasteiger partial charge in [0.25, 0.3) is 0 Å². The topological polar surface area (TPSA) is 29.3 Å². The van der Waals surface area contributed by atoms with Gasteiger partial charge in [0.05, 0.1) is 0 Å². The van der Waals surface area contributed by atoms with Crippen molar-refractivity contribution >= 4 is 0 Å². The molecule has 2 aliphatic carbocycles. The van der Waals surface area contributed by atoms with Crippen molar-refractivity contribution in [1.82, 2.24) is 4.90 Å². The van der Waals surface area contributed by atoms with Crippen molar-refractivity contribution in [3.8, 4) is 0 Å². The SMILES string of the molecule is NC1CCCC1N1CCC2(CC2)C1. The summed E-state index contributed by atoms with van der Waals surface area (Å²) < 4.78 is 0. The van der Waals surface area contributed by atoms with Crippen LogP contribution in [-0.4, -0.2) is 30.1 Å². The Labute approximate surface area is 80.5 Å². The summed E-state index contributed by atoms with van der Waals surface area (Å²) in [5.74, 6) is 0. The highest BCUT2D eigenvalue weighted by molar-refractivity contribution is 5.03. The fourth-order valence-electron chi connectivity index (χ4n) is 3.26. The van der Waals surface area contributed by atoms with Gasteiger partial charge >= 0.3 is 0 Å². The molecule has 0 amide bonds. The smallest absolute Gasteiger partial charge is 0.0247 e. The van der Waals surface area contributed by atoms with Crippen LogP contribution in [0.2, 0.25) is 0 Å². The van der Waals surface area contributed by atoms with Crippen LogP contribution in [0.5, 0.6) is 0 Å². The van der Waals surface area contributed by atoms with E-state index >= 15 is 0 Å². The molecule has 1 aliphatic heterocycles. The molecule has 2 N–H and O–H groups in total. The zero-order valence-electron chi connectivity index (χ0n) is 8.34. The summed E-state index contributed by atoms with van der Waals surface area (Å²) in [4.78, 5) is 2.69. The number of hydrogen-bond donors (Lipinski definition) is 1. The quantitative estimate of drug-likeness (QED) is 0.660. The third-order valence-electron chi connectivity index (χ3n) is 4.43. The molecular formula is C11H20N2. The van der Waals surface area contributed by atoms with Gasteiger partial charge < -0.3 is 5.73 Å². The van der Waals surface area contributed by atoms with E-state index in [-0.39, 0.29) is 0 Å². The minimum absolute atomic E-state index is 0.480. The monoisotopic (exact) mass is 180 g/mol. The molecule has 1 heterocycles. The summed E-state index contributed by atoms with van der Waals surface area (Å²) in [5.41, 5.74) is 6.91. The maximum absolute atomic E-state index is 6.13. The predicted octanol–water partition coefficient (Wildman–Crippen LogP) is 1.35. The first kappa shape index (κ1) is 8.25. The van der Waals surface area contributed by atoms with Crippen molar-refractivity contribution in [2.45, 2.75) is 50.6 Å². The van der Waals surface area contributed by atoms with Gasteiger partial charge in [0.15, 0.2) is 0 Å². The van der Waals surface area contributed by atoms with Crippen LogP contribution in [0.3, 0.4) is 0 Å². The summed E-state index contributed by atoms with van der Waals surface area (Å²) in [6.45, 7) is 2.70. The fraction of sp³-hybridized carbons (Fsp3) is 1.00. The van der Waals surface area contributed by atoms with Crippen molar-refractivity contribution in [1.29, 1.82) is 0 Å². The highest BCUT2D eigenvalue weighted by Crippen LogP contribution is 2.53. The molecule has 0 aromatic carbocycles. The molecule has 2 atom stereocenters. The molecule has 2 nitrogen and oxygen atoms in total. The summed E-state index contributed by atoms with van der Waals surface area (Å²) >= 11 is 0. The predicted molar refractivity (Wildman–Crippen MR) is 53.5 cm³/mol. The summed E-state index contributed by atoms with van der Waals surface area (Å²) in [7, 11) is 0. The third-order valence-corrected chi connectivity index (χ3v) is 4.43. The van der Waals surface area contributed by atoms with Crippen molar-refractivity contribution in [3.05, 3.63) is 0 Å². The summed E-state index contributed by atoms with van der Waals surface area (Å²) in [6, 6.07) is 1.22. The van der Waals surface area contributed by atoms with Gasteiger partial charge in [0, 0.05) is 18.6 Å². The van der Waals surface area contributed by atoms with Crippen LogP contribution in [0, 0.1) is 5.41 Å². The number of nitrogens with zero attached hydrogens (tertiary/aromatic N) is 1. The third kappa shape index (κ3) is 1.31. The molecule has 2 unspecified atom stereocenters. The maximum Gasteiger partial charge on any atom is 0.0247 e. The molecule has 13 heavy (non-hydrogen) atoms. The van der Waals surface area contributed by atoms with Gasteiger partial charge in [-0.15, -0.1) is 0 Å². The molecule has 2 heteroatoms. The van der Waals surface area contributed by atoms with Crippen LogP contribution in [-0.2, 0) is 0 Å². The van der Waals surface area contributed by atoms with E-state index in [0.29, 0.717) is 6.04 Å². The lowest BCUT2D eigenvalue weighted by atomic mass is 10.1. The number of hydrogen-bond acceptors (Lipinski definition) is 2. The van der Waals surface area contributed by atoms with Crippen LogP contribution in [0.25, 0.3) is 0 Å². The van der Waals surface area contributed by atoms with Crippen LogP contribution >= 0.6 is 0 Å². The molecule has 0 radical (unpaired) electrons. The van der Waals surface area contributed by atoms with Crippen LogP contribution in [0.1, 0.15) is 38.5 Å². The van der Waals surface area contributed by atoms with E-state index in [1.807, 2.05) is 0 Å². The Kier molecular flexibility index (Phi) is 1.72. The molecule has 0 aromatic rings. The average Bonchev–Trinajstić information content (AvgIpc) is 2.55. The van der Waals surface area contributed by atoms with E-state index < -0.39 is 0 Å². The Morgan fingerprint density at radius 1 is 1.15 bits per heavy atom. The summed E-state index contributed by atoms with van der Waals surface area (Å²) in [5, 5.41) is 0. The minimum Gasteiger partial charge on any atom is -0.326 e. The Morgan fingerprint density at radius 3 is 2.54 bits per heavy atom. The molecule has 3 fully saturated rings. The van der Waals surface area contributed by atoms with Gasteiger partial charge in [0.1, 0.15) is 0 Å². The lowest BCUT2D eigenvalue weighted by Crippen LogP contribution is -2.43. The molecule has 1 spiro atoms. The molecule has 3 rings (SSSR count). The Bertz CT molecular complexity index is 210. The summed E-state index contributed by atoms with van der Waals surface area (Å²) in [6.07, 6.45) is 8.41. The Hall–Kier alpha value is -0.0800. The van der Waals surface area contributed by atoms with E-state index in [2.05, 4.69) is 4.90 Å². The highest BCUT2D eigenvalue weighted by atomic mass is 15.2. The zero-order chi connectivity index (χ0) is 8.89. The van der Waals surface area contributed by atoms with Gasteiger partial charge in [-0.3, -0.25) is 4.90 Å². The number of nitrogens with two attached hydrogens (primary N) is 1. The van der Waals surface area contributed by atoms with E-state index in [9.17, 15) is 0 Å². The van der Waals surface area contributed by atoms with Crippen molar-refractivity contribution < 1.29 is 0 Å². The molecule has 74 valence electrons. The number of likely N-dealkylation sites (tertiary alicyclic amines) is 1. The lowest BCUT2D eigenvalue weighted by Gasteiger charge is -2.27. The van der Waals surface area contributed by atoms with Crippen molar-refractivity contribution in [3.63, 3.8) is 0 Å². The van der Waals surface area contributed by atoms with E-state index in [1.54, 1.807) is 0 Å². The minimum atomic E-state index is 0.480. The van der Waals surface area contributed by atoms with Gasteiger partial charge in [-0.2, -0.15) is 0 Å². The maximum atomic E-state index is 6.13. The van der Waals surface area contributed by atoms with Crippen LogP contribution in [0.4, 0.5) is 0 Å². The normalized spacial score (nSPS) is 43.2. The standard InChI is InChI=1S/C11H20N2/c12-9-2-1-3-10(9)13-7-6-11(8-13)4-5-11/h9-10H,1-8,12H2. The van der Waals surface area contributed by atoms with Crippen LogP contribution < -0.4 is 5.73 Å². The Balaban J connectivity index is 1.66. The highest BCUT2D eigenvalue weighted by Gasteiger charge is 2.49. The largest absolute Gasteiger partial charge is 0.326 e. The molecule has 0 aromatic heterocycles. The van der Waals surface area contributed by atoms with Gasteiger partial charge in [-0.05, 0) is 44.1 Å². The van der Waals surface area contributed by atoms with Crippen LogP contribution in [0.15, 0.2) is 0 Å². The first-order valence-corrected chi connectivity index (χ1v) is 5.79. The second kappa shape index (κ2) is 2.71. The molecule has 1 saturated heterocycles. The second-order valence-corrected chi connectivity index (χ2v) is 5.38. The van der Waals surface area contributed by atoms with E-state index in [0.717, 1.165) is 11.5 Å².